The fourth-order valence-electron chi connectivity index (χ4n) is 4.19. The van der Waals surface area contributed by atoms with E-state index in [-0.39, 0.29) is 5.91 Å². The van der Waals surface area contributed by atoms with Crippen LogP contribution in [0.2, 0.25) is 5.02 Å². The summed E-state index contributed by atoms with van der Waals surface area (Å²) in [5, 5.41) is 7.52. The molecular weight excluding hydrogens is 346 g/mol. The van der Waals surface area contributed by atoms with Crippen LogP contribution >= 0.6 is 11.6 Å². The Hall–Kier alpha value is -1.10. The summed E-state index contributed by atoms with van der Waals surface area (Å²) < 4.78 is 0. The van der Waals surface area contributed by atoms with Gasteiger partial charge < -0.3 is 10.6 Å². The van der Waals surface area contributed by atoms with Gasteiger partial charge in [0, 0.05) is 37.1 Å². The summed E-state index contributed by atoms with van der Waals surface area (Å²) in [5.74, 6) is 1.35. The van der Waals surface area contributed by atoms with Crippen LogP contribution in [0.3, 0.4) is 0 Å². The molecule has 26 heavy (non-hydrogen) atoms. The molecular formula is C21H32ClN3O. The number of rotatable bonds is 6. The number of amides is 1. The number of likely N-dealkylation sites (tertiary alicyclic amines) is 1. The van der Waals surface area contributed by atoms with E-state index in [4.69, 9.17) is 11.6 Å². The predicted octanol–water partition coefficient (Wildman–Crippen LogP) is 3.45. The van der Waals surface area contributed by atoms with Crippen molar-refractivity contribution in [1.29, 1.82) is 0 Å². The molecule has 3 rings (SSSR count). The molecule has 2 fully saturated rings. The molecule has 0 aromatic heterocycles. The van der Waals surface area contributed by atoms with Crippen molar-refractivity contribution in [2.75, 3.05) is 26.2 Å². The van der Waals surface area contributed by atoms with Gasteiger partial charge in [-0.2, -0.15) is 0 Å². The number of hydrogen-bond acceptors (Lipinski definition) is 3. The molecule has 1 aromatic rings. The van der Waals surface area contributed by atoms with Crippen molar-refractivity contribution in [1.82, 2.24) is 15.5 Å². The van der Waals surface area contributed by atoms with Crippen LogP contribution in [0.25, 0.3) is 0 Å². The van der Waals surface area contributed by atoms with Crippen LogP contribution in [0.1, 0.15) is 44.6 Å². The number of halogens is 1. The van der Waals surface area contributed by atoms with Gasteiger partial charge in [-0.15, -0.1) is 0 Å². The lowest BCUT2D eigenvalue weighted by molar-refractivity contribution is -0.123. The van der Waals surface area contributed by atoms with E-state index >= 15 is 0 Å². The van der Waals surface area contributed by atoms with E-state index in [1.54, 1.807) is 0 Å². The van der Waals surface area contributed by atoms with Gasteiger partial charge in [0.25, 0.3) is 0 Å². The third kappa shape index (κ3) is 5.97. The summed E-state index contributed by atoms with van der Waals surface area (Å²) in [6.45, 7) is 7.46. The third-order valence-electron chi connectivity index (χ3n) is 5.92. The monoisotopic (exact) mass is 377 g/mol. The van der Waals surface area contributed by atoms with Crippen LogP contribution in [0.15, 0.2) is 24.3 Å². The van der Waals surface area contributed by atoms with Crippen LogP contribution in [-0.2, 0) is 11.3 Å². The lowest BCUT2D eigenvalue weighted by atomic mass is 9.85. The Morgan fingerprint density at radius 3 is 2.65 bits per heavy atom. The first-order chi connectivity index (χ1) is 12.6. The Labute approximate surface area is 162 Å². The van der Waals surface area contributed by atoms with Crippen molar-refractivity contribution in [3.63, 3.8) is 0 Å². The fourth-order valence-corrected chi connectivity index (χ4v) is 4.32. The number of benzene rings is 1. The van der Waals surface area contributed by atoms with E-state index in [2.05, 4.69) is 34.6 Å². The molecule has 2 heterocycles. The molecule has 0 bridgehead atoms. The van der Waals surface area contributed by atoms with Gasteiger partial charge in [0.1, 0.15) is 0 Å². The highest BCUT2D eigenvalue weighted by molar-refractivity contribution is 6.30. The molecule has 5 heteroatoms. The third-order valence-corrected chi connectivity index (χ3v) is 6.17. The summed E-state index contributed by atoms with van der Waals surface area (Å²) in [5.41, 5.74) is 1.30. The summed E-state index contributed by atoms with van der Waals surface area (Å²) >= 11 is 5.95. The van der Waals surface area contributed by atoms with Crippen LogP contribution in [0.4, 0.5) is 0 Å². The molecule has 0 saturated carbocycles. The maximum absolute atomic E-state index is 12.4. The quantitative estimate of drug-likeness (QED) is 0.798. The van der Waals surface area contributed by atoms with E-state index in [0.29, 0.717) is 24.3 Å². The molecule has 2 atom stereocenters. The highest BCUT2D eigenvalue weighted by atomic mass is 35.5. The number of nitrogens with zero attached hydrogens (tertiary/aromatic N) is 1. The molecule has 0 radical (unpaired) electrons. The summed E-state index contributed by atoms with van der Waals surface area (Å²) in [6.07, 6.45) is 5.24. The van der Waals surface area contributed by atoms with Gasteiger partial charge in [-0.25, -0.2) is 0 Å². The Bertz CT molecular complexity index is 563. The summed E-state index contributed by atoms with van der Waals surface area (Å²) in [4.78, 5) is 14.9. The van der Waals surface area contributed by atoms with E-state index in [1.807, 2.05) is 12.1 Å². The zero-order valence-corrected chi connectivity index (χ0v) is 16.6. The van der Waals surface area contributed by atoms with Gasteiger partial charge in [-0.1, -0.05) is 30.7 Å². The molecule has 0 aliphatic carbocycles. The molecule has 1 amide bonds. The smallest absolute Gasteiger partial charge is 0.220 e. The zero-order chi connectivity index (χ0) is 18.4. The normalized spacial score (nSPS) is 23.5. The molecule has 4 nitrogen and oxygen atoms in total. The molecule has 1 aromatic carbocycles. The van der Waals surface area contributed by atoms with Crippen LogP contribution in [0.5, 0.6) is 0 Å². The second-order valence-corrected chi connectivity index (χ2v) is 8.47. The molecule has 144 valence electrons. The second kappa shape index (κ2) is 9.72. The van der Waals surface area contributed by atoms with Crippen molar-refractivity contribution in [3.05, 3.63) is 34.9 Å². The first kappa shape index (κ1) is 19.7. The van der Waals surface area contributed by atoms with E-state index in [0.717, 1.165) is 50.6 Å². The molecule has 2 unspecified atom stereocenters. The largest absolute Gasteiger partial charge is 0.353 e. The Morgan fingerprint density at radius 2 is 2.00 bits per heavy atom. The van der Waals surface area contributed by atoms with Crippen molar-refractivity contribution >= 4 is 17.5 Å². The van der Waals surface area contributed by atoms with Gasteiger partial charge in [0.05, 0.1) is 0 Å². The van der Waals surface area contributed by atoms with Crippen molar-refractivity contribution in [2.24, 2.45) is 11.8 Å². The van der Waals surface area contributed by atoms with E-state index in [9.17, 15) is 4.79 Å². The fraction of sp³-hybridized carbons (Fsp3) is 0.667. The predicted molar refractivity (Wildman–Crippen MR) is 107 cm³/mol. The Balaban J connectivity index is 1.36. The van der Waals surface area contributed by atoms with Gasteiger partial charge >= 0.3 is 0 Å². The standard InChI is InChI=1S/C21H32ClN3O/c1-16(18-3-2-10-23-14-18)13-21(26)24-20-8-11-25(12-9-20)15-17-4-6-19(22)7-5-17/h4-7,16,18,20,23H,2-3,8-15H2,1H3,(H,24,26). The Kier molecular flexibility index (Phi) is 7.35. The molecule has 2 saturated heterocycles. The van der Waals surface area contributed by atoms with Crippen LogP contribution in [-0.4, -0.2) is 43.0 Å². The van der Waals surface area contributed by atoms with Crippen molar-refractivity contribution < 1.29 is 4.79 Å². The molecule has 0 spiro atoms. The average Bonchev–Trinajstić information content (AvgIpc) is 2.66. The minimum Gasteiger partial charge on any atom is -0.353 e. The van der Waals surface area contributed by atoms with E-state index in [1.165, 1.54) is 18.4 Å². The Morgan fingerprint density at radius 1 is 1.27 bits per heavy atom. The highest BCUT2D eigenvalue weighted by Crippen LogP contribution is 2.23. The topological polar surface area (TPSA) is 44.4 Å². The number of carbonyl (C=O) groups excluding carboxylic acids is 1. The molecule has 2 aliphatic rings. The minimum absolute atomic E-state index is 0.235. The molecule has 2 aliphatic heterocycles. The SMILES string of the molecule is CC(CC(=O)NC1CCN(Cc2ccc(Cl)cc2)CC1)C1CCCNC1. The first-order valence-electron chi connectivity index (χ1n) is 10.1. The van der Waals surface area contributed by atoms with E-state index < -0.39 is 0 Å². The summed E-state index contributed by atoms with van der Waals surface area (Å²) in [6, 6.07) is 8.43. The molecule has 2 N–H and O–H groups in total. The van der Waals surface area contributed by atoms with Crippen molar-refractivity contribution in [3.8, 4) is 0 Å². The van der Waals surface area contributed by atoms with Crippen molar-refractivity contribution in [2.45, 2.75) is 51.6 Å². The van der Waals surface area contributed by atoms with Crippen LogP contribution in [0, 0.1) is 11.8 Å². The highest BCUT2D eigenvalue weighted by Gasteiger charge is 2.24. The lowest BCUT2D eigenvalue weighted by Crippen LogP contribution is -2.45. The average molecular weight is 378 g/mol. The van der Waals surface area contributed by atoms with Crippen LogP contribution < -0.4 is 10.6 Å². The lowest BCUT2D eigenvalue weighted by Gasteiger charge is -2.33. The second-order valence-electron chi connectivity index (χ2n) is 8.03. The maximum Gasteiger partial charge on any atom is 0.220 e. The number of carbonyl (C=O) groups is 1. The zero-order valence-electron chi connectivity index (χ0n) is 15.8. The van der Waals surface area contributed by atoms with Gasteiger partial charge in [0.15, 0.2) is 0 Å². The maximum atomic E-state index is 12.4. The minimum atomic E-state index is 0.235. The van der Waals surface area contributed by atoms with Gasteiger partial charge in [-0.05, 0) is 68.3 Å². The van der Waals surface area contributed by atoms with Gasteiger partial charge in [-0.3, -0.25) is 9.69 Å². The first-order valence-corrected chi connectivity index (χ1v) is 10.4. The number of piperidine rings is 2. The summed E-state index contributed by atoms with van der Waals surface area (Å²) in [7, 11) is 0. The van der Waals surface area contributed by atoms with Gasteiger partial charge in [0.2, 0.25) is 5.91 Å². The number of hydrogen-bond donors (Lipinski definition) is 2. The number of nitrogens with one attached hydrogen (secondary N) is 2.